The Balaban J connectivity index is 2.72. The summed E-state index contributed by atoms with van der Waals surface area (Å²) in [5.41, 5.74) is 2.23. The molecule has 0 saturated carbocycles. The second-order valence-corrected chi connectivity index (χ2v) is 6.05. The Kier molecular flexibility index (Phi) is 4.93. The maximum Gasteiger partial charge on any atom is 0.326 e. The molecule has 4 nitrogen and oxygen atoms in total. The van der Waals surface area contributed by atoms with Crippen LogP contribution in [0.15, 0.2) is 18.2 Å². The van der Waals surface area contributed by atoms with E-state index in [1.54, 1.807) is 33.9 Å². The van der Waals surface area contributed by atoms with Gasteiger partial charge >= 0.3 is 5.97 Å². The average Bonchev–Trinajstić information content (AvgIpc) is 2.29. The van der Waals surface area contributed by atoms with Crippen molar-refractivity contribution in [1.29, 1.82) is 0 Å². The minimum Gasteiger partial charge on any atom is -0.459 e. The van der Waals surface area contributed by atoms with Crippen LogP contribution in [0, 0.1) is 13.8 Å². The Hall–Kier alpha value is -1.84. The standard InChI is InChI=1S/C16H23NO3/c1-11-7-8-13(9-12(11)2)15(19)17(6)10-14(18)20-16(3,4)5/h7-9H,10H2,1-6H3. The van der Waals surface area contributed by atoms with Gasteiger partial charge in [-0.05, 0) is 57.9 Å². The molecule has 1 aromatic rings. The molecule has 1 aromatic carbocycles. The lowest BCUT2D eigenvalue weighted by Crippen LogP contribution is -2.36. The molecule has 0 fully saturated rings. The van der Waals surface area contributed by atoms with Crippen LogP contribution in [0.25, 0.3) is 0 Å². The van der Waals surface area contributed by atoms with Gasteiger partial charge in [-0.25, -0.2) is 0 Å². The first kappa shape index (κ1) is 16.2. The number of hydrogen-bond acceptors (Lipinski definition) is 3. The Morgan fingerprint density at radius 2 is 1.75 bits per heavy atom. The molecule has 1 rings (SSSR count). The van der Waals surface area contributed by atoms with Gasteiger partial charge in [0.1, 0.15) is 12.1 Å². The van der Waals surface area contributed by atoms with Crippen LogP contribution in [0.3, 0.4) is 0 Å². The summed E-state index contributed by atoms with van der Waals surface area (Å²) in [6, 6.07) is 5.52. The number of rotatable bonds is 3. The molecule has 0 aromatic heterocycles. The zero-order valence-electron chi connectivity index (χ0n) is 13.1. The fourth-order valence-corrected chi connectivity index (χ4v) is 1.73. The van der Waals surface area contributed by atoms with Crippen molar-refractivity contribution in [2.45, 2.75) is 40.2 Å². The molecule has 0 spiro atoms. The molecule has 0 saturated heterocycles. The smallest absolute Gasteiger partial charge is 0.326 e. The SMILES string of the molecule is Cc1ccc(C(=O)N(C)CC(=O)OC(C)(C)C)cc1C. The van der Waals surface area contributed by atoms with Crippen LogP contribution < -0.4 is 0 Å². The average molecular weight is 277 g/mol. The Morgan fingerprint density at radius 3 is 2.25 bits per heavy atom. The normalized spacial score (nSPS) is 11.1. The van der Waals surface area contributed by atoms with Crippen LogP contribution in [0.1, 0.15) is 42.3 Å². The van der Waals surface area contributed by atoms with Crippen LogP contribution in [0.2, 0.25) is 0 Å². The van der Waals surface area contributed by atoms with Gasteiger partial charge in [0.25, 0.3) is 5.91 Å². The first-order chi connectivity index (χ1) is 9.10. The summed E-state index contributed by atoms with van der Waals surface area (Å²) < 4.78 is 5.20. The third-order valence-electron chi connectivity index (χ3n) is 2.89. The number of ether oxygens (including phenoxy) is 1. The molecule has 0 radical (unpaired) electrons. The minimum absolute atomic E-state index is 0.0526. The molecule has 0 unspecified atom stereocenters. The Bertz CT molecular complexity index is 515. The van der Waals surface area contributed by atoms with Crippen molar-refractivity contribution >= 4 is 11.9 Å². The lowest BCUT2D eigenvalue weighted by molar-refractivity contribution is -0.155. The van der Waals surface area contributed by atoms with E-state index < -0.39 is 11.6 Å². The van der Waals surface area contributed by atoms with Crippen molar-refractivity contribution in [2.24, 2.45) is 0 Å². The molecule has 4 heteroatoms. The molecule has 0 atom stereocenters. The van der Waals surface area contributed by atoms with Gasteiger partial charge in [-0.15, -0.1) is 0 Å². The summed E-state index contributed by atoms with van der Waals surface area (Å²) in [5.74, 6) is -0.587. The van der Waals surface area contributed by atoms with Crippen molar-refractivity contribution in [3.8, 4) is 0 Å². The maximum absolute atomic E-state index is 12.2. The van der Waals surface area contributed by atoms with E-state index in [0.717, 1.165) is 11.1 Å². The number of likely N-dealkylation sites (N-methyl/N-ethyl adjacent to an activating group) is 1. The number of aryl methyl sites for hydroxylation is 2. The molecule has 110 valence electrons. The highest BCUT2D eigenvalue weighted by molar-refractivity contribution is 5.96. The predicted molar refractivity (Wildman–Crippen MR) is 78.7 cm³/mol. The van der Waals surface area contributed by atoms with Crippen molar-refractivity contribution in [2.75, 3.05) is 13.6 Å². The van der Waals surface area contributed by atoms with Crippen LogP contribution in [-0.2, 0) is 9.53 Å². The molecule has 20 heavy (non-hydrogen) atoms. The van der Waals surface area contributed by atoms with Gasteiger partial charge in [-0.3, -0.25) is 9.59 Å². The molecular formula is C16H23NO3. The van der Waals surface area contributed by atoms with Gasteiger partial charge in [0, 0.05) is 12.6 Å². The Labute approximate surface area is 120 Å². The molecule has 0 bridgehead atoms. The first-order valence-electron chi connectivity index (χ1n) is 6.65. The third kappa shape index (κ3) is 4.68. The van der Waals surface area contributed by atoms with Gasteiger partial charge in [-0.1, -0.05) is 6.07 Å². The zero-order valence-corrected chi connectivity index (χ0v) is 13.1. The van der Waals surface area contributed by atoms with E-state index in [4.69, 9.17) is 4.74 Å². The quantitative estimate of drug-likeness (QED) is 0.798. The number of nitrogens with zero attached hydrogens (tertiary/aromatic N) is 1. The van der Waals surface area contributed by atoms with E-state index >= 15 is 0 Å². The largest absolute Gasteiger partial charge is 0.459 e. The molecule has 0 heterocycles. The van der Waals surface area contributed by atoms with Crippen LogP contribution in [0.4, 0.5) is 0 Å². The van der Waals surface area contributed by atoms with E-state index in [1.807, 2.05) is 26.0 Å². The van der Waals surface area contributed by atoms with Gasteiger partial charge in [-0.2, -0.15) is 0 Å². The summed E-state index contributed by atoms with van der Waals surface area (Å²) >= 11 is 0. The predicted octanol–water partition coefficient (Wildman–Crippen LogP) is 2.72. The highest BCUT2D eigenvalue weighted by Crippen LogP contribution is 2.12. The van der Waals surface area contributed by atoms with Crippen molar-refractivity contribution in [3.05, 3.63) is 34.9 Å². The van der Waals surface area contributed by atoms with Crippen LogP contribution in [0.5, 0.6) is 0 Å². The number of amides is 1. The summed E-state index contributed by atoms with van der Waals surface area (Å²) in [6.07, 6.45) is 0. The maximum atomic E-state index is 12.2. The second kappa shape index (κ2) is 6.07. The third-order valence-corrected chi connectivity index (χ3v) is 2.89. The number of hydrogen-bond donors (Lipinski definition) is 0. The lowest BCUT2D eigenvalue weighted by Gasteiger charge is -2.22. The molecule has 0 aliphatic heterocycles. The minimum atomic E-state index is -0.540. The summed E-state index contributed by atoms with van der Waals surface area (Å²) in [5, 5.41) is 0. The topological polar surface area (TPSA) is 46.6 Å². The van der Waals surface area contributed by atoms with Crippen molar-refractivity contribution in [3.63, 3.8) is 0 Å². The van der Waals surface area contributed by atoms with E-state index in [9.17, 15) is 9.59 Å². The van der Waals surface area contributed by atoms with Gasteiger partial charge in [0.05, 0.1) is 0 Å². The number of benzene rings is 1. The Morgan fingerprint density at radius 1 is 1.15 bits per heavy atom. The van der Waals surface area contributed by atoms with Gasteiger partial charge < -0.3 is 9.64 Å². The van der Waals surface area contributed by atoms with Crippen molar-refractivity contribution < 1.29 is 14.3 Å². The number of carbonyl (C=O) groups is 2. The highest BCUT2D eigenvalue weighted by Gasteiger charge is 2.20. The van der Waals surface area contributed by atoms with E-state index in [0.29, 0.717) is 5.56 Å². The second-order valence-electron chi connectivity index (χ2n) is 6.05. The van der Waals surface area contributed by atoms with E-state index in [2.05, 4.69) is 0 Å². The van der Waals surface area contributed by atoms with Crippen LogP contribution >= 0.6 is 0 Å². The van der Waals surface area contributed by atoms with E-state index in [-0.39, 0.29) is 12.5 Å². The van der Waals surface area contributed by atoms with E-state index in [1.165, 1.54) is 4.90 Å². The fraction of sp³-hybridized carbons (Fsp3) is 0.500. The molecule has 0 aliphatic carbocycles. The molecule has 0 aliphatic rings. The summed E-state index contributed by atoms with van der Waals surface area (Å²) in [4.78, 5) is 25.3. The summed E-state index contributed by atoms with van der Waals surface area (Å²) in [6.45, 7) is 9.30. The van der Waals surface area contributed by atoms with Crippen molar-refractivity contribution in [1.82, 2.24) is 4.90 Å². The lowest BCUT2D eigenvalue weighted by atomic mass is 10.1. The molecule has 1 amide bonds. The number of carbonyl (C=O) groups excluding carboxylic acids is 2. The summed E-state index contributed by atoms with van der Waals surface area (Å²) in [7, 11) is 1.60. The molecular weight excluding hydrogens is 254 g/mol. The highest BCUT2D eigenvalue weighted by atomic mass is 16.6. The zero-order chi connectivity index (χ0) is 15.5. The monoisotopic (exact) mass is 277 g/mol. The van der Waals surface area contributed by atoms with Gasteiger partial charge in [0.15, 0.2) is 0 Å². The first-order valence-corrected chi connectivity index (χ1v) is 6.65. The molecule has 0 N–H and O–H groups in total. The number of esters is 1. The van der Waals surface area contributed by atoms with Crippen LogP contribution in [-0.4, -0.2) is 36.0 Å². The van der Waals surface area contributed by atoms with Gasteiger partial charge in [0.2, 0.25) is 0 Å². The fourth-order valence-electron chi connectivity index (χ4n) is 1.73.